The zero-order valence-electron chi connectivity index (χ0n) is 14.6. The fourth-order valence-corrected chi connectivity index (χ4v) is 5.10. The van der Waals surface area contributed by atoms with Gasteiger partial charge in [-0.2, -0.15) is 13.9 Å². The van der Waals surface area contributed by atoms with Gasteiger partial charge in [0.2, 0.25) is 15.8 Å². The predicted molar refractivity (Wildman–Crippen MR) is 96.7 cm³/mol. The third-order valence-corrected chi connectivity index (χ3v) is 7.09. The molecule has 0 unspecified atom stereocenters. The summed E-state index contributed by atoms with van der Waals surface area (Å²) >= 11 is 1.13. The summed E-state index contributed by atoms with van der Waals surface area (Å²) in [6.07, 6.45) is 1.28. The van der Waals surface area contributed by atoms with Gasteiger partial charge in [-0.05, 0) is 48.9 Å². The van der Waals surface area contributed by atoms with Gasteiger partial charge in [0, 0.05) is 19.3 Å². The Hall–Kier alpha value is -2.18. The molecule has 0 N–H and O–H groups in total. The van der Waals surface area contributed by atoms with Crippen LogP contribution in [0.4, 0.5) is 8.78 Å². The first-order valence-electron chi connectivity index (χ1n) is 8.60. The monoisotopic (exact) mass is 426 g/mol. The van der Waals surface area contributed by atoms with Crippen molar-refractivity contribution in [1.29, 1.82) is 0 Å². The van der Waals surface area contributed by atoms with E-state index in [9.17, 15) is 17.2 Å². The summed E-state index contributed by atoms with van der Waals surface area (Å²) in [6, 6.07) is 6.22. The first kappa shape index (κ1) is 19.2. The largest absolute Gasteiger partial charge is 0.299 e. The number of sulfonamides is 1. The lowest BCUT2D eigenvalue weighted by molar-refractivity contribution is 0.137. The maximum absolute atomic E-state index is 13.0. The van der Waals surface area contributed by atoms with Crippen LogP contribution >= 0.6 is 11.8 Å². The third-order valence-electron chi connectivity index (χ3n) is 4.33. The van der Waals surface area contributed by atoms with E-state index in [1.807, 2.05) is 0 Å². The minimum absolute atomic E-state index is 0.140. The summed E-state index contributed by atoms with van der Waals surface area (Å²) < 4.78 is 53.7. The molecule has 1 aliphatic rings. The van der Waals surface area contributed by atoms with Gasteiger partial charge in [0.25, 0.3) is 6.43 Å². The molecule has 0 spiro atoms. The molecule has 0 atom stereocenters. The van der Waals surface area contributed by atoms with Crippen LogP contribution in [0, 0.1) is 0 Å². The minimum atomic E-state index is -3.55. The number of fused-ring (bicyclic) bond motifs is 1. The van der Waals surface area contributed by atoms with Crippen LogP contribution in [0.1, 0.15) is 31.5 Å². The SMILES string of the molecule is O=S(=O)(c1ccc(Sc2ccc3nnc(C(F)F)n3n2)nc1)N1CCCCC1. The highest BCUT2D eigenvalue weighted by Gasteiger charge is 2.26. The quantitative estimate of drug-likeness (QED) is 0.619. The Labute approximate surface area is 164 Å². The normalized spacial score (nSPS) is 16.1. The molecule has 4 rings (SSSR count). The Bertz CT molecular complexity index is 1080. The number of hydrogen-bond acceptors (Lipinski definition) is 7. The smallest absolute Gasteiger partial charge is 0.248 e. The second-order valence-electron chi connectivity index (χ2n) is 6.20. The first-order chi connectivity index (χ1) is 13.4. The number of halogens is 2. The van der Waals surface area contributed by atoms with Crippen molar-refractivity contribution in [3.8, 4) is 0 Å². The van der Waals surface area contributed by atoms with Gasteiger partial charge < -0.3 is 0 Å². The van der Waals surface area contributed by atoms with Crippen LogP contribution in [-0.4, -0.2) is 50.6 Å². The molecule has 8 nitrogen and oxygen atoms in total. The minimum Gasteiger partial charge on any atom is -0.248 e. The van der Waals surface area contributed by atoms with Crippen molar-refractivity contribution < 1.29 is 17.2 Å². The van der Waals surface area contributed by atoms with Gasteiger partial charge in [-0.3, -0.25) is 0 Å². The Morgan fingerprint density at radius 1 is 1.00 bits per heavy atom. The molecule has 0 saturated carbocycles. The van der Waals surface area contributed by atoms with Gasteiger partial charge in [-0.1, -0.05) is 6.42 Å². The first-order valence-corrected chi connectivity index (χ1v) is 10.9. The van der Waals surface area contributed by atoms with Gasteiger partial charge >= 0.3 is 0 Å². The lowest BCUT2D eigenvalue weighted by Crippen LogP contribution is -2.35. The molecule has 3 aromatic heterocycles. The highest BCUT2D eigenvalue weighted by molar-refractivity contribution is 7.99. The number of aromatic nitrogens is 5. The zero-order valence-corrected chi connectivity index (χ0v) is 16.2. The van der Waals surface area contributed by atoms with E-state index in [0.29, 0.717) is 23.1 Å². The molecule has 0 amide bonds. The third kappa shape index (κ3) is 3.71. The van der Waals surface area contributed by atoms with Crippen molar-refractivity contribution in [3.63, 3.8) is 0 Å². The number of alkyl halides is 2. The average Bonchev–Trinajstić information content (AvgIpc) is 3.13. The van der Waals surface area contributed by atoms with Crippen LogP contribution in [-0.2, 0) is 10.0 Å². The van der Waals surface area contributed by atoms with Crippen molar-refractivity contribution in [2.24, 2.45) is 0 Å². The summed E-state index contributed by atoms with van der Waals surface area (Å²) in [7, 11) is -3.55. The van der Waals surface area contributed by atoms with E-state index in [1.165, 1.54) is 22.6 Å². The number of nitrogens with zero attached hydrogens (tertiary/aromatic N) is 6. The molecular weight excluding hydrogens is 410 g/mol. The number of pyridine rings is 1. The molecule has 1 fully saturated rings. The van der Waals surface area contributed by atoms with Gasteiger partial charge in [-0.25, -0.2) is 22.2 Å². The fraction of sp³-hybridized carbons (Fsp3) is 0.375. The van der Waals surface area contributed by atoms with Gasteiger partial charge in [0.15, 0.2) is 5.65 Å². The van der Waals surface area contributed by atoms with Crippen LogP contribution in [0.25, 0.3) is 5.65 Å². The molecule has 0 aromatic carbocycles. The van der Waals surface area contributed by atoms with E-state index in [4.69, 9.17) is 0 Å². The highest BCUT2D eigenvalue weighted by Crippen LogP contribution is 2.27. The number of piperidine rings is 1. The molecule has 12 heteroatoms. The topological polar surface area (TPSA) is 93.3 Å². The maximum Gasteiger partial charge on any atom is 0.299 e. The molecule has 148 valence electrons. The Morgan fingerprint density at radius 2 is 1.75 bits per heavy atom. The Balaban J connectivity index is 1.55. The van der Waals surface area contributed by atoms with Crippen LogP contribution in [0.2, 0.25) is 0 Å². The molecule has 3 aromatic rings. The highest BCUT2D eigenvalue weighted by atomic mass is 32.2. The van der Waals surface area contributed by atoms with E-state index in [0.717, 1.165) is 35.5 Å². The fourth-order valence-electron chi connectivity index (χ4n) is 2.92. The number of hydrogen-bond donors (Lipinski definition) is 0. The van der Waals surface area contributed by atoms with E-state index in [-0.39, 0.29) is 10.5 Å². The van der Waals surface area contributed by atoms with Crippen LogP contribution in [0.15, 0.2) is 45.4 Å². The summed E-state index contributed by atoms with van der Waals surface area (Å²) in [6.45, 7) is 1.04. The van der Waals surface area contributed by atoms with Gasteiger partial charge in [0.1, 0.15) is 14.9 Å². The number of rotatable bonds is 5. The summed E-state index contributed by atoms with van der Waals surface area (Å²) in [5.41, 5.74) is 0.218. The van der Waals surface area contributed by atoms with E-state index < -0.39 is 22.3 Å². The van der Waals surface area contributed by atoms with Crippen LogP contribution in [0.3, 0.4) is 0 Å². The van der Waals surface area contributed by atoms with Crippen molar-refractivity contribution >= 4 is 27.4 Å². The second kappa shape index (κ2) is 7.68. The zero-order chi connectivity index (χ0) is 19.7. The van der Waals surface area contributed by atoms with Crippen LogP contribution < -0.4 is 0 Å². The van der Waals surface area contributed by atoms with Crippen molar-refractivity contribution in [2.75, 3.05) is 13.1 Å². The van der Waals surface area contributed by atoms with Crippen molar-refractivity contribution in [2.45, 2.75) is 40.6 Å². The molecule has 0 aliphatic carbocycles. The molecule has 1 saturated heterocycles. The average molecular weight is 426 g/mol. The van der Waals surface area contributed by atoms with Gasteiger partial charge in [-0.15, -0.1) is 10.2 Å². The van der Waals surface area contributed by atoms with Gasteiger partial charge in [0.05, 0.1) is 0 Å². The molecule has 0 radical (unpaired) electrons. The Kier molecular flexibility index (Phi) is 5.25. The molecule has 0 bridgehead atoms. The molecule has 1 aliphatic heterocycles. The van der Waals surface area contributed by atoms with Crippen molar-refractivity contribution in [3.05, 3.63) is 36.3 Å². The standard InChI is InChI=1S/C16H16F2N6O2S2/c17-15(18)16-21-20-12-5-7-14(22-24(12)16)27-13-6-4-11(10-19-13)28(25,26)23-8-2-1-3-9-23/h4-7,10,15H,1-3,8-9H2. The Morgan fingerprint density at radius 3 is 2.43 bits per heavy atom. The summed E-state index contributed by atoms with van der Waals surface area (Å²) in [5, 5.41) is 12.1. The van der Waals surface area contributed by atoms with E-state index >= 15 is 0 Å². The maximum atomic E-state index is 13.0. The molecule has 4 heterocycles. The van der Waals surface area contributed by atoms with Crippen molar-refractivity contribution in [1.82, 2.24) is 29.1 Å². The van der Waals surface area contributed by atoms with E-state index in [2.05, 4.69) is 20.3 Å². The predicted octanol–water partition coefficient (Wildman–Crippen LogP) is 2.78. The second-order valence-corrected chi connectivity index (χ2v) is 9.18. The molecular formula is C16H16F2N6O2S2. The lowest BCUT2D eigenvalue weighted by atomic mass is 10.2. The van der Waals surface area contributed by atoms with E-state index in [1.54, 1.807) is 12.1 Å². The lowest BCUT2D eigenvalue weighted by Gasteiger charge is -2.25. The van der Waals surface area contributed by atoms with Crippen LogP contribution in [0.5, 0.6) is 0 Å². The summed E-state index contributed by atoms with van der Waals surface area (Å²) in [4.78, 5) is 4.33. The summed E-state index contributed by atoms with van der Waals surface area (Å²) in [5.74, 6) is -0.534. The molecule has 28 heavy (non-hydrogen) atoms.